The molecular weight excluding hydrogens is 634 g/mol. The number of carbonyl (C=O) groups excluding carboxylic acids is 1. The summed E-state index contributed by atoms with van der Waals surface area (Å²) in [5.41, 5.74) is 6.10. The fourth-order valence-corrected chi connectivity index (χ4v) is 12.6. The molecule has 4 aliphatic carbocycles. The van der Waals surface area contributed by atoms with Gasteiger partial charge in [-0.25, -0.2) is 0 Å². The molecule has 4 heterocycles. The Kier molecular flexibility index (Phi) is 6.03. The van der Waals surface area contributed by atoms with Crippen molar-refractivity contribution in [2.75, 3.05) is 0 Å². The summed E-state index contributed by atoms with van der Waals surface area (Å²) in [7, 11) is 0. The molecule has 2 aromatic heterocycles. The number of hydrogen-bond acceptors (Lipinski definition) is 5. The molecule has 222 valence electrons. The van der Waals surface area contributed by atoms with Gasteiger partial charge in [-0.15, -0.1) is 11.3 Å². The van der Waals surface area contributed by atoms with Crippen LogP contribution in [0.3, 0.4) is 0 Å². The maximum Gasteiger partial charge on any atom is 0.165 e. The van der Waals surface area contributed by atoms with Crippen LogP contribution < -0.4 is 0 Å². The zero-order valence-electron chi connectivity index (χ0n) is 24.1. The average Bonchev–Trinajstić information content (AvgIpc) is 3.84. The Labute approximate surface area is 279 Å². The second-order valence-electron chi connectivity index (χ2n) is 12.9. The number of halogens is 1. The number of ketones is 1. The van der Waals surface area contributed by atoms with E-state index in [1.807, 2.05) is 41.8 Å². The summed E-state index contributed by atoms with van der Waals surface area (Å²) in [4.78, 5) is 18.6. The number of thioether (sulfide) groups is 2. The molecule has 7 atom stereocenters. The van der Waals surface area contributed by atoms with E-state index >= 15 is 0 Å². The minimum absolute atomic E-state index is 0.0631. The lowest BCUT2D eigenvalue weighted by atomic mass is 9.56. The fourth-order valence-electron chi connectivity index (χ4n) is 8.59. The van der Waals surface area contributed by atoms with Crippen molar-refractivity contribution in [3.05, 3.63) is 127 Å². The Morgan fingerprint density at radius 1 is 0.978 bits per heavy atom. The summed E-state index contributed by atoms with van der Waals surface area (Å²) in [6.07, 6.45) is 13.8. The van der Waals surface area contributed by atoms with Crippen molar-refractivity contribution in [2.24, 2.45) is 23.7 Å². The molecule has 10 rings (SSSR count). The molecule has 0 spiro atoms. The van der Waals surface area contributed by atoms with Crippen LogP contribution in [-0.4, -0.2) is 21.6 Å². The zero-order valence-corrected chi connectivity index (χ0v) is 27.3. The zero-order chi connectivity index (χ0) is 30.0. The van der Waals surface area contributed by atoms with Gasteiger partial charge in [-0.2, -0.15) is 0 Å². The van der Waals surface area contributed by atoms with Crippen LogP contribution in [0.4, 0.5) is 0 Å². The normalized spacial score (nSPS) is 31.6. The van der Waals surface area contributed by atoms with Crippen molar-refractivity contribution in [1.82, 2.24) is 4.57 Å². The summed E-state index contributed by atoms with van der Waals surface area (Å²) in [5.74, 6) is 0.634. The molecule has 7 heteroatoms. The number of para-hydroxylation sites is 1. The van der Waals surface area contributed by atoms with Crippen molar-refractivity contribution >= 4 is 74.9 Å². The van der Waals surface area contributed by atoms with E-state index in [-0.39, 0.29) is 29.5 Å². The maximum atomic E-state index is 13.4. The smallest absolute Gasteiger partial charge is 0.165 e. The molecule has 1 N–H and O–H groups in total. The Bertz CT molecular complexity index is 2130. The van der Waals surface area contributed by atoms with Crippen LogP contribution in [0.25, 0.3) is 22.7 Å². The van der Waals surface area contributed by atoms with E-state index in [2.05, 4.69) is 83.5 Å². The lowest BCUT2D eigenvalue weighted by Gasteiger charge is -2.47. The van der Waals surface area contributed by atoms with Gasteiger partial charge in [-0.05, 0) is 89.3 Å². The first kappa shape index (κ1) is 27.1. The topological polar surface area (TPSA) is 42.2 Å². The first-order valence-electron chi connectivity index (χ1n) is 15.6. The molecule has 45 heavy (non-hydrogen) atoms. The number of carbonyl (C=O) groups is 1. The molecule has 0 saturated heterocycles. The minimum atomic E-state index is -0.735. The number of nitrogens with zero attached hydrogens (tertiary/aromatic N) is 1. The van der Waals surface area contributed by atoms with E-state index in [0.29, 0.717) is 21.8 Å². The predicted octanol–water partition coefficient (Wildman–Crippen LogP) is 9.61. The number of thiophene rings is 1. The molecular formula is C38H28ClNO2S3. The van der Waals surface area contributed by atoms with Gasteiger partial charge in [0.1, 0.15) is 0 Å². The molecule has 3 nitrogen and oxygen atoms in total. The molecule has 2 aliphatic heterocycles. The predicted molar refractivity (Wildman–Crippen MR) is 187 cm³/mol. The maximum absolute atomic E-state index is 13.4. The second kappa shape index (κ2) is 10.00. The van der Waals surface area contributed by atoms with Gasteiger partial charge in [0.05, 0.1) is 16.6 Å². The molecule has 2 fully saturated rings. The van der Waals surface area contributed by atoms with Gasteiger partial charge in [-0.1, -0.05) is 83.7 Å². The molecule has 0 amide bonds. The van der Waals surface area contributed by atoms with Crippen molar-refractivity contribution in [3.63, 3.8) is 0 Å². The summed E-state index contributed by atoms with van der Waals surface area (Å²) in [6, 6.07) is 22.1. The van der Waals surface area contributed by atoms with E-state index in [9.17, 15) is 9.90 Å². The van der Waals surface area contributed by atoms with Gasteiger partial charge >= 0.3 is 0 Å². The van der Waals surface area contributed by atoms with E-state index < -0.39 is 6.10 Å². The summed E-state index contributed by atoms with van der Waals surface area (Å²) >= 11 is 11.9. The average molecular weight is 662 g/mol. The summed E-state index contributed by atoms with van der Waals surface area (Å²) in [6.45, 7) is 0. The molecule has 2 saturated carbocycles. The second-order valence-corrected chi connectivity index (χ2v) is 16.8. The first-order valence-corrected chi connectivity index (χ1v) is 18.5. The lowest BCUT2D eigenvalue weighted by Crippen LogP contribution is -2.48. The molecule has 0 radical (unpaired) electrons. The summed E-state index contributed by atoms with van der Waals surface area (Å²) < 4.78 is 2.53. The van der Waals surface area contributed by atoms with E-state index in [1.165, 1.54) is 47.4 Å². The van der Waals surface area contributed by atoms with Gasteiger partial charge in [0, 0.05) is 59.3 Å². The lowest BCUT2D eigenvalue weighted by molar-refractivity contribution is -0.125. The Morgan fingerprint density at radius 3 is 2.78 bits per heavy atom. The van der Waals surface area contributed by atoms with Gasteiger partial charge in [0.2, 0.25) is 0 Å². The molecule has 4 aromatic rings. The number of hydrogen-bond donors (Lipinski definition) is 1. The Morgan fingerprint density at radius 2 is 1.84 bits per heavy atom. The summed E-state index contributed by atoms with van der Waals surface area (Å²) in [5, 5.41) is 14.9. The van der Waals surface area contributed by atoms with E-state index in [4.69, 9.17) is 11.6 Å². The number of aromatic nitrogens is 1. The monoisotopic (exact) mass is 661 g/mol. The van der Waals surface area contributed by atoms with Crippen LogP contribution in [0.15, 0.2) is 116 Å². The minimum Gasteiger partial charge on any atom is -0.388 e. The van der Waals surface area contributed by atoms with E-state index in [1.54, 1.807) is 11.3 Å². The van der Waals surface area contributed by atoms with Crippen LogP contribution in [0, 0.1) is 23.7 Å². The van der Waals surface area contributed by atoms with E-state index in [0.717, 1.165) is 17.7 Å². The van der Waals surface area contributed by atoms with Crippen molar-refractivity contribution in [3.8, 4) is 0 Å². The molecule has 6 unspecified atom stereocenters. The third-order valence-corrected chi connectivity index (χ3v) is 14.8. The number of fused-ring (bicyclic) bond motifs is 10. The van der Waals surface area contributed by atoms with Crippen molar-refractivity contribution in [2.45, 2.75) is 40.0 Å². The highest BCUT2D eigenvalue weighted by Crippen LogP contribution is 2.59. The standard InChI is InChI=1S/C38H28ClNO2S3/c39-19-9-12-24-26(15-19)35-34(24)36(41)28(37(35)42)17-21-11-14-32(43-21)33-18-27-22-5-1-3-7-29(22)40(38(27)45-33)20-10-13-31-25(16-20)23-6-2-4-8-30(23)44-31/h1-15,17,24-26,33-35,37,42H,16,18H2/b28-17-/t24?,25?,26-,33?,34?,35?,37?/m0/s1. The van der Waals surface area contributed by atoms with Crippen LogP contribution in [0.5, 0.6) is 0 Å². The Hall–Kier alpha value is -3.00. The van der Waals surface area contributed by atoms with Crippen LogP contribution >= 0.6 is 46.5 Å². The number of aliphatic hydroxyl groups is 1. The number of benzene rings is 2. The highest BCUT2D eigenvalue weighted by atomic mass is 35.5. The van der Waals surface area contributed by atoms with Gasteiger partial charge in [-0.3, -0.25) is 4.79 Å². The van der Waals surface area contributed by atoms with Gasteiger partial charge < -0.3 is 9.67 Å². The number of allylic oxidation sites excluding steroid dienone is 8. The van der Waals surface area contributed by atoms with Crippen molar-refractivity contribution in [1.29, 1.82) is 0 Å². The highest BCUT2D eigenvalue weighted by molar-refractivity contribution is 8.03. The number of aliphatic hydroxyl groups excluding tert-OH is 1. The SMILES string of the molecule is O=C1/C(=C/c2ccc(C3Cc4c(n(C5=CC=C6Sc7ccccc7C6C5)c5ccccc45)S3)s2)C(O)C2C1C1C=CC(Cl)=C[C@@H]12. The Balaban J connectivity index is 0.950. The van der Waals surface area contributed by atoms with Crippen molar-refractivity contribution < 1.29 is 9.90 Å². The third kappa shape index (κ3) is 3.93. The molecule has 6 aliphatic rings. The van der Waals surface area contributed by atoms with Crippen LogP contribution in [-0.2, 0) is 11.2 Å². The van der Waals surface area contributed by atoms with Crippen LogP contribution in [0.2, 0.25) is 0 Å². The first-order chi connectivity index (χ1) is 22.0. The van der Waals surface area contributed by atoms with Crippen LogP contribution in [0.1, 0.15) is 38.5 Å². The van der Waals surface area contributed by atoms with Gasteiger partial charge in [0.25, 0.3) is 0 Å². The number of Topliss-reactive ketones (excluding diaryl/α,β-unsaturated/α-hetero) is 1. The number of rotatable bonds is 3. The molecule has 0 bridgehead atoms. The largest absolute Gasteiger partial charge is 0.388 e. The van der Waals surface area contributed by atoms with Gasteiger partial charge in [0.15, 0.2) is 5.78 Å². The quantitative estimate of drug-likeness (QED) is 0.222. The highest BCUT2D eigenvalue weighted by Gasteiger charge is 2.61. The fraction of sp³-hybridized carbons (Fsp3) is 0.237. The molecule has 2 aromatic carbocycles. The third-order valence-electron chi connectivity index (χ3n) is 10.7.